The SMILES string of the molecule is C=CC(=O)N1CCN(c2c(C#N)c(OC[C@@H]3CCCN3C)nc3nc(-c4c(O)cccc4F)c(F)cc23)CC1. The zero-order valence-corrected chi connectivity index (χ0v) is 21.5. The Morgan fingerprint density at radius 3 is 2.64 bits per heavy atom. The first-order valence-corrected chi connectivity index (χ1v) is 12.7. The van der Waals surface area contributed by atoms with Crippen molar-refractivity contribution in [3.05, 3.63) is 54.1 Å². The van der Waals surface area contributed by atoms with Crippen LogP contribution in [0.4, 0.5) is 14.5 Å². The van der Waals surface area contributed by atoms with Gasteiger partial charge < -0.3 is 24.5 Å². The molecule has 5 rings (SSSR count). The zero-order valence-electron chi connectivity index (χ0n) is 21.5. The van der Waals surface area contributed by atoms with Crippen LogP contribution in [0.15, 0.2) is 36.9 Å². The summed E-state index contributed by atoms with van der Waals surface area (Å²) < 4.78 is 36.2. The standard InChI is InChI=1S/C28H28F2N6O3/c1-3-23(38)35-10-12-36(13-11-35)26-18-14-21(30)25(24-20(29)7-4-8-22(24)37)32-27(18)33-28(19(26)15-31)39-16-17-6-5-9-34(17)2/h3-4,7-8,14,17,37H,1,5-6,9-13,16H2,2H3/t17-/m0/s1. The van der Waals surface area contributed by atoms with E-state index in [0.29, 0.717) is 38.5 Å². The van der Waals surface area contributed by atoms with Gasteiger partial charge in [0.1, 0.15) is 35.5 Å². The molecule has 0 aliphatic carbocycles. The Labute approximate surface area is 224 Å². The quantitative estimate of drug-likeness (QED) is 0.480. The lowest BCUT2D eigenvalue weighted by Crippen LogP contribution is -2.48. The molecule has 0 unspecified atom stereocenters. The number of carbonyl (C=O) groups excluding carboxylic acids is 1. The molecule has 202 valence electrons. The second-order valence-corrected chi connectivity index (χ2v) is 9.68. The molecule has 4 heterocycles. The van der Waals surface area contributed by atoms with E-state index in [4.69, 9.17) is 4.74 Å². The number of ether oxygens (including phenoxy) is 1. The third kappa shape index (κ3) is 4.95. The molecule has 2 aromatic heterocycles. The number of amides is 1. The van der Waals surface area contributed by atoms with Gasteiger partial charge in [0.25, 0.3) is 0 Å². The molecule has 3 aromatic rings. The predicted octanol–water partition coefficient (Wildman–Crippen LogP) is 3.46. The maximum Gasteiger partial charge on any atom is 0.246 e. The summed E-state index contributed by atoms with van der Waals surface area (Å²) >= 11 is 0. The monoisotopic (exact) mass is 534 g/mol. The van der Waals surface area contributed by atoms with Crippen LogP contribution in [-0.2, 0) is 4.79 Å². The number of anilines is 1. The van der Waals surface area contributed by atoms with Crippen LogP contribution < -0.4 is 9.64 Å². The van der Waals surface area contributed by atoms with Crippen molar-refractivity contribution >= 4 is 22.6 Å². The van der Waals surface area contributed by atoms with Crippen molar-refractivity contribution < 1.29 is 23.4 Å². The first-order chi connectivity index (χ1) is 18.8. The number of piperazine rings is 1. The van der Waals surface area contributed by atoms with E-state index in [1.54, 1.807) is 4.90 Å². The lowest BCUT2D eigenvalue weighted by molar-refractivity contribution is -0.126. The first kappa shape index (κ1) is 26.3. The van der Waals surface area contributed by atoms with Crippen molar-refractivity contribution in [1.29, 1.82) is 5.26 Å². The van der Waals surface area contributed by atoms with Gasteiger partial charge >= 0.3 is 0 Å². The summed E-state index contributed by atoms with van der Waals surface area (Å²) in [6.45, 7) is 6.27. The molecule has 0 radical (unpaired) electrons. The Morgan fingerprint density at radius 1 is 1.23 bits per heavy atom. The fourth-order valence-corrected chi connectivity index (χ4v) is 5.23. The summed E-state index contributed by atoms with van der Waals surface area (Å²) in [5, 5.41) is 20.7. The van der Waals surface area contributed by atoms with Gasteiger partial charge in [-0.1, -0.05) is 12.6 Å². The van der Waals surface area contributed by atoms with Crippen molar-refractivity contribution in [3.8, 4) is 29.0 Å². The first-order valence-electron chi connectivity index (χ1n) is 12.7. The number of likely N-dealkylation sites (N-methyl/N-ethyl adjacent to an activating group) is 1. The van der Waals surface area contributed by atoms with Gasteiger partial charge in [0.2, 0.25) is 11.8 Å². The van der Waals surface area contributed by atoms with E-state index in [-0.39, 0.29) is 40.0 Å². The van der Waals surface area contributed by atoms with Crippen LogP contribution in [0.3, 0.4) is 0 Å². The molecule has 0 bridgehead atoms. The maximum atomic E-state index is 15.5. The number of hydrogen-bond acceptors (Lipinski definition) is 8. The lowest BCUT2D eigenvalue weighted by Gasteiger charge is -2.36. The highest BCUT2D eigenvalue weighted by Gasteiger charge is 2.29. The summed E-state index contributed by atoms with van der Waals surface area (Å²) in [7, 11) is 2.01. The fourth-order valence-electron chi connectivity index (χ4n) is 5.23. The number of nitrogens with zero attached hydrogens (tertiary/aromatic N) is 6. The summed E-state index contributed by atoms with van der Waals surface area (Å²) in [4.78, 5) is 26.6. The number of likely N-dealkylation sites (tertiary alicyclic amines) is 1. The molecule has 1 amide bonds. The van der Waals surface area contributed by atoms with Gasteiger partial charge in [0, 0.05) is 37.6 Å². The average Bonchev–Trinajstić information content (AvgIpc) is 3.35. The maximum absolute atomic E-state index is 15.5. The minimum atomic E-state index is -0.878. The third-order valence-corrected chi connectivity index (χ3v) is 7.38. The van der Waals surface area contributed by atoms with E-state index in [2.05, 4.69) is 27.5 Å². The Kier molecular flexibility index (Phi) is 7.30. The van der Waals surface area contributed by atoms with E-state index in [9.17, 15) is 19.6 Å². The number of carbonyl (C=O) groups is 1. The molecule has 2 aliphatic heterocycles. The largest absolute Gasteiger partial charge is 0.507 e. The molecule has 0 saturated carbocycles. The van der Waals surface area contributed by atoms with Crippen LogP contribution in [0.25, 0.3) is 22.3 Å². The minimum Gasteiger partial charge on any atom is -0.507 e. The second kappa shape index (κ2) is 10.8. The molecule has 1 atom stereocenters. The molecule has 0 spiro atoms. The van der Waals surface area contributed by atoms with Crippen molar-refractivity contribution in [1.82, 2.24) is 19.8 Å². The number of rotatable bonds is 6. The molecular weight excluding hydrogens is 506 g/mol. The van der Waals surface area contributed by atoms with E-state index >= 15 is 4.39 Å². The van der Waals surface area contributed by atoms with Crippen LogP contribution in [0, 0.1) is 23.0 Å². The molecule has 39 heavy (non-hydrogen) atoms. The number of pyridine rings is 2. The summed E-state index contributed by atoms with van der Waals surface area (Å²) in [5.41, 5.74) is -0.212. The Balaban J connectivity index is 1.64. The van der Waals surface area contributed by atoms with Gasteiger partial charge in [0.05, 0.1) is 11.3 Å². The van der Waals surface area contributed by atoms with Gasteiger partial charge in [-0.25, -0.2) is 13.8 Å². The minimum absolute atomic E-state index is 0.0439. The predicted molar refractivity (Wildman–Crippen MR) is 141 cm³/mol. The van der Waals surface area contributed by atoms with Gasteiger partial charge in [-0.3, -0.25) is 4.79 Å². The van der Waals surface area contributed by atoms with Crippen LogP contribution >= 0.6 is 0 Å². The molecule has 2 saturated heterocycles. The normalized spacial score (nSPS) is 17.8. The number of aromatic nitrogens is 2. The molecule has 11 heteroatoms. The fraction of sp³-hybridized carbons (Fsp3) is 0.357. The molecular formula is C28H28F2N6O3. The number of benzene rings is 1. The smallest absolute Gasteiger partial charge is 0.246 e. The Bertz CT molecular complexity index is 1460. The van der Waals surface area contributed by atoms with Crippen LogP contribution in [0.5, 0.6) is 11.6 Å². The van der Waals surface area contributed by atoms with Gasteiger partial charge in [-0.05, 0) is 50.7 Å². The number of phenolic OH excluding ortho intramolecular Hbond substituents is 1. The van der Waals surface area contributed by atoms with Crippen molar-refractivity contribution in [2.24, 2.45) is 0 Å². The molecule has 9 nitrogen and oxygen atoms in total. The molecule has 2 aliphatic rings. The molecule has 2 fully saturated rings. The van der Waals surface area contributed by atoms with E-state index in [1.807, 2.05) is 11.9 Å². The number of hydrogen-bond donors (Lipinski definition) is 1. The Hall–Kier alpha value is -4.30. The number of halogens is 2. The summed E-state index contributed by atoms with van der Waals surface area (Å²) in [6.07, 6.45) is 3.23. The Morgan fingerprint density at radius 2 is 2.00 bits per heavy atom. The van der Waals surface area contributed by atoms with Gasteiger partial charge in [-0.2, -0.15) is 10.2 Å². The number of nitriles is 1. The lowest BCUT2D eigenvalue weighted by atomic mass is 10.1. The van der Waals surface area contributed by atoms with Crippen molar-refractivity contribution in [2.75, 3.05) is 51.3 Å². The third-order valence-electron chi connectivity index (χ3n) is 7.38. The number of phenols is 1. The van der Waals surface area contributed by atoms with Crippen LogP contribution in [0.2, 0.25) is 0 Å². The number of fused-ring (bicyclic) bond motifs is 1. The second-order valence-electron chi connectivity index (χ2n) is 9.68. The average molecular weight is 535 g/mol. The highest BCUT2D eigenvalue weighted by Crippen LogP contribution is 2.39. The molecule has 1 N–H and O–H groups in total. The van der Waals surface area contributed by atoms with Crippen LogP contribution in [-0.4, -0.2) is 83.2 Å². The highest BCUT2D eigenvalue weighted by atomic mass is 19.1. The zero-order chi connectivity index (χ0) is 27.7. The topological polar surface area (TPSA) is 106 Å². The van der Waals surface area contributed by atoms with E-state index < -0.39 is 23.1 Å². The van der Waals surface area contributed by atoms with Crippen molar-refractivity contribution in [3.63, 3.8) is 0 Å². The van der Waals surface area contributed by atoms with Gasteiger partial charge in [-0.15, -0.1) is 0 Å². The van der Waals surface area contributed by atoms with E-state index in [1.165, 1.54) is 18.2 Å². The summed E-state index contributed by atoms with van der Waals surface area (Å²) in [6, 6.07) is 7.15. The molecule has 1 aromatic carbocycles. The van der Waals surface area contributed by atoms with Gasteiger partial charge in [0.15, 0.2) is 11.5 Å². The number of aromatic hydroxyl groups is 1. The van der Waals surface area contributed by atoms with Crippen LogP contribution in [0.1, 0.15) is 18.4 Å². The van der Waals surface area contributed by atoms with E-state index in [0.717, 1.165) is 31.5 Å². The highest BCUT2D eigenvalue weighted by molar-refractivity contribution is 5.96. The summed E-state index contributed by atoms with van der Waals surface area (Å²) in [5.74, 6) is -2.32. The van der Waals surface area contributed by atoms with Crippen molar-refractivity contribution in [2.45, 2.75) is 18.9 Å².